The number of amides is 2. The number of nitrogens with one attached hydrogen (secondary N) is 1. The second kappa shape index (κ2) is 12.5. The van der Waals surface area contributed by atoms with Gasteiger partial charge in [-0.25, -0.2) is 4.39 Å². The van der Waals surface area contributed by atoms with E-state index < -0.39 is 6.04 Å². The van der Waals surface area contributed by atoms with Crippen LogP contribution in [0.3, 0.4) is 0 Å². The monoisotopic (exact) mass is 462 g/mol. The highest BCUT2D eigenvalue weighted by Gasteiger charge is 2.31. The lowest BCUT2D eigenvalue weighted by Gasteiger charge is -2.32. The van der Waals surface area contributed by atoms with Crippen molar-refractivity contribution in [3.8, 4) is 5.75 Å². The lowest BCUT2D eigenvalue weighted by atomic mass is 10.0. The van der Waals surface area contributed by atoms with Crippen molar-refractivity contribution in [2.75, 3.05) is 6.61 Å². The van der Waals surface area contributed by atoms with Crippen molar-refractivity contribution < 1.29 is 18.7 Å². The summed E-state index contributed by atoms with van der Waals surface area (Å²) in [4.78, 5) is 28.3. The van der Waals surface area contributed by atoms with E-state index in [-0.39, 0.29) is 36.8 Å². The van der Waals surface area contributed by atoms with E-state index in [9.17, 15) is 14.0 Å². The SMILES string of the molecule is CC[C@@H](C)NC(=O)[C@@H](Cc1ccccc1)N(Cc1ccc(F)cc1)C(=O)COc1ccccc1. The van der Waals surface area contributed by atoms with E-state index >= 15 is 0 Å². The van der Waals surface area contributed by atoms with Crippen molar-refractivity contribution in [2.24, 2.45) is 0 Å². The largest absolute Gasteiger partial charge is 0.484 e. The molecule has 2 atom stereocenters. The molecule has 0 aliphatic carbocycles. The third kappa shape index (κ3) is 7.44. The Morgan fingerprint density at radius 2 is 1.53 bits per heavy atom. The van der Waals surface area contributed by atoms with Crippen LogP contribution in [0.1, 0.15) is 31.4 Å². The van der Waals surface area contributed by atoms with Gasteiger partial charge < -0.3 is 15.0 Å². The molecule has 0 radical (unpaired) electrons. The number of carbonyl (C=O) groups excluding carboxylic acids is 2. The van der Waals surface area contributed by atoms with Gasteiger partial charge in [-0.15, -0.1) is 0 Å². The summed E-state index contributed by atoms with van der Waals surface area (Å²) in [6, 6.07) is 23.8. The van der Waals surface area contributed by atoms with Crippen LogP contribution in [0.25, 0.3) is 0 Å². The molecule has 6 heteroatoms. The summed E-state index contributed by atoms with van der Waals surface area (Å²) in [7, 11) is 0. The first-order valence-corrected chi connectivity index (χ1v) is 11.5. The fraction of sp³-hybridized carbons (Fsp3) is 0.286. The zero-order valence-corrected chi connectivity index (χ0v) is 19.6. The van der Waals surface area contributed by atoms with Crippen LogP contribution in [0.2, 0.25) is 0 Å². The predicted molar refractivity (Wildman–Crippen MR) is 131 cm³/mol. The molecule has 3 aromatic carbocycles. The molecule has 0 aliphatic rings. The van der Waals surface area contributed by atoms with Crippen LogP contribution in [-0.4, -0.2) is 35.4 Å². The highest BCUT2D eigenvalue weighted by atomic mass is 19.1. The summed E-state index contributed by atoms with van der Waals surface area (Å²) in [6.45, 7) is 3.87. The molecule has 0 heterocycles. The van der Waals surface area contributed by atoms with E-state index in [1.807, 2.05) is 62.4 Å². The Morgan fingerprint density at radius 3 is 2.15 bits per heavy atom. The molecule has 0 spiro atoms. The smallest absolute Gasteiger partial charge is 0.261 e. The zero-order chi connectivity index (χ0) is 24.3. The van der Waals surface area contributed by atoms with Gasteiger partial charge in [0, 0.05) is 19.0 Å². The molecule has 0 bridgehead atoms. The molecule has 0 fully saturated rings. The Bertz CT molecular complexity index is 1040. The number of carbonyl (C=O) groups is 2. The first kappa shape index (κ1) is 25.0. The Labute approximate surface area is 200 Å². The van der Waals surface area contributed by atoms with Crippen molar-refractivity contribution in [1.29, 1.82) is 0 Å². The quantitative estimate of drug-likeness (QED) is 0.447. The van der Waals surface area contributed by atoms with E-state index in [4.69, 9.17) is 4.74 Å². The van der Waals surface area contributed by atoms with Crippen LogP contribution in [0, 0.1) is 5.82 Å². The summed E-state index contributed by atoms with van der Waals surface area (Å²) in [5.74, 6) is -0.340. The van der Waals surface area contributed by atoms with Gasteiger partial charge in [0.05, 0.1) is 0 Å². The molecule has 0 unspecified atom stereocenters. The summed E-state index contributed by atoms with van der Waals surface area (Å²) >= 11 is 0. The van der Waals surface area contributed by atoms with Gasteiger partial charge in [0.15, 0.2) is 6.61 Å². The number of hydrogen-bond acceptors (Lipinski definition) is 3. The van der Waals surface area contributed by atoms with Gasteiger partial charge in [0.2, 0.25) is 5.91 Å². The number of nitrogens with zero attached hydrogens (tertiary/aromatic N) is 1. The minimum absolute atomic E-state index is 0.0332. The molecular formula is C28H31FN2O3. The number of halogens is 1. The Hall–Kier alpha value is -3.67. The van der Waals surface area contributed by atoms with Crippen LogP contribution in [0.5, 0.6) is 5.75 Å². The maximum atomic E-state index is 13.5. The van der Waals surface area contributed by atoms with Gasteiger partial charge in [0.25, 0.3) is 5.91 Å². The Kier molecular flexibility index (Phi) is 9.21. The van der Waals surface area contributed by atoms with Crippen molar-refractivity contribution in [2.45, 2.75) is 45.3 Å². The van der Waals surface area contributed by atoms with Gasteiger partial charge in [-0.1, -0.05) is 67.6 Å². The lowest BCUT2D eigenvalue weighted by molar-refractivity contribution is -0.143. The number of rotatable bonds is 11. The van der Waals surface area contributed by atoms with Crippen LogP contribution in [-0.2, 0) is 22.6 Å². The van der Waals surface area contributed by atoms with Gasteiger partial charge in [-0.2, -0.15) is 0 Å². The molecule has 3 aromatic rings. The standard InChI is InChI=1S/C28H31FN2O3/c1-3-21(2)30-28(33)26(18-22-10-6-4-7-11-22)31(19-23-14-16-24(29)17-15-23)27(32)20-34-25-12-8-5-9-13-25/h4-17,21,26H,3,18-20H2,1-2H3,(H,30,33)/t21-,26-/m1/s1. The van der Waals surface area contributed by atoms with Gasteiger partial charge in [-0.05, 0) is 48.7 Å². The molecule has 0 aliphatic heterocycles. The fourth-order valence-electron chi connectivity index (χ4n) is 3.53. The zero-order valence-electron chi connectivity index (χ0n) is 19.6. The molecular weight excluding hydrogens is 431 g/mol. The van der Waals surface area contributed by atoms with Gasteiger partial charge >= 0.3 is 0 Å². The van der Waals surface area contributed by atoms with E-state index in [2.05, 4.69) is 5.32 Å². The van der Waals surface area contributed by atoms with E-state index in [1.165, 1.54) is 17.0 Å². The molecule has 3 rings (SSSR count). The van der Waals surface area contributed by atoms with Crippen LogP contribution in [0.4, 0.5) is 4.39 Å². The molecule has 0 saturated carbocycles. The van der Waals surface area contributed by atoms with Crippen molar-refractivity contribution in [3.63, 3.8) is 0 Å². The molecule has 2 amide bonds. The van der Waals surface area contributed by atoms with Crippen LogP contribution >= 0.6 is 0 Å². The first-order chi connectivity index (χ1) is 16.5. The van der Waals surface area contributed by atoms with Crippen LogP contribution in [0.15, 0.2) is 84.9 Å². The maximum Gasteiger partial charge on any atom is 0.261 e. The average Bonchev–Trinajstić information content (AvgIpc) is 2.87. The molecule has 178 valence electrons. The number of benzene rings is 3. The Balaban J connectivity index is 1.90. The number of para-hydroxylation sites is 1. The maximum absolute atomic E-state index is 13.5. The second-order valence-corrected chi connectivity index (χ2v) is 8.27. The summed E-state index contributed by atoms with van der Waals surface area (Å²) in [6.07, 6.45) is 1.12. The average molecular weight is 463 g/mol. The van der Waals surface area contributed by atoms with Crippen molar-refractivity contribution in [3.05, 3.63) is 102 Å². The Morgan fingerprint density at radius 1 is 0.912 bits per heavy atom. The lowest BCUT2D eigenvalue weighted by Crippen LogP contribution is -2.53. The third-order valence-electron chi connectivity index (χ3n) is 5.64. The van der Waals surface area contributed by atoms with Gasteiger partial charge in [0.1, 0.15) is 17.6 Å². The normalized spacial score (nSPS) is 12.4. The van der Waals surface area contributed by atoms with Crippen LogP contribution < -0.4 is 10.1 Å². The van der Waals surface area contributed by atoms with E-state index in [0.717, 1.165) is 17.5 Å². The summed E-state index contributed by atoms with van der Waals surface area (Å²) in [5.41, 5.74) is 1.66. The fourth-order valence-corrected chi connectivity index (χ4v) is 3.53. The molecule has 0 saturated heterocycles. The number of ether oxygens (including phenoxy) is 1. The van der Waals surface area contributed by atoms with E-state index in [0.29, 0.717) is 12.2 Å². The third-order valence-corrected chi connectivity index (χ3v) is 5.64. The molecule has 5 nitrogen and oxygen atoms in total. The molecule has 1 N–H and O–H groups in total. The second-order valence-electron chi connectivity index (χ2n) is 8.27. The highest BCUT2D eigenvalue weighted by Crippen LogP contribution is 2.17. The topological polar surface area (TPSA) is 58.6 Å². The molecule has 34 heavy (non-hydrogen) atoms. The van der Waals surface area contributed by atoms with E-state index in [1.54, 1.807) is 24.3 Å². The van der Waals surface area contributed by atoms with Crippen molar-refractivity contribution in [1.82, 2.24) is 10.2 Å². The minimum Gasteiger partial charge on any atom is -0.484 e. The number of hydrogen-bond donors (Lipinski definition) is 1. The summed E-state index contributed by atoms with van der Waals surface area (Å²) < 4.78 is 19.2. The summed E-state index contributed by atoms with van der Waals surface area (Å²) in [5, 5.41) is 3.02. The highest BCUT2D eigenvalue weighted by molar-refractivity contribution is 5.88. The van der Waals surface area contributed by atoms with Crippen molar-refractivity contribution >= 4 is 11.8 Å². The first-order valence-electron chi connectivity index (χ1n) is 11.5. The molecule has 0 aromatic heterocycles. The minimum atomic E-state index is -0.756. The van der Waals surface area contributed by atoms with Gasteiger partial charge in [-0.3, -0.25) is 9.59 Å². The predicted octanol–water partition coefficient (Wildman–Crippen LogP) is 4.76.